The lowest BCUT2D eigenvalue weighted by Crippen LogP contribution is -2.36. The second kappa shape index (κ2) is 6.06. The van der Waals surface area contributed by atoms with Crippen molar-refractivity contribution in [2.45, 2.75) is 26.3 Å². The molecule has 1 aliphatic heterocycles. The minimum atomic E-state index is 0.187. The van der Waals surface area contributed by atoms with Gasteiger partial charge in [-0.15, -0.1) is 0 Å². The van der Waals surface area contributed by atoms with Crippen LogP contribution in [0.1, 0.15) is 24.0 Å². The number of likely N-dealkylation sites (N-methyl/N-ethyl adjacent to an activating group) is 1. The maximum atomic E-state index is 12.0. The smallest absolute Gasteiger partial charge is 0.236 e. The number of aromatic hydroxyl groups is 1. The zero-order valence-corrected chi connectivity index (χ0v) is 11.7. The summed E-state index contributed by atoms with van der Waals surface area (Å²) in [6, 6.07) is 5.72. The van der Waals surface area contributed by atoms with E-state index < -0.39 is 0 Å². The number of hydrogen-bond donors (Lipinski definition) is 1. The van der Waals surface area contributed by atoms with Crippen molar-refractivity contribution >= 4 is 5.91 Å². The molecule has 1 fully saturated rings. The molecule has 0 aliphatic carbocycles. The number of phenols is 1. The summed E-state index contributed by atoms with van der Waals surface area (Å²) >= 11 is 0. The van der Waals surface area contributed by atoms with Crippen molar-refractivity contribution in [3.63, 3.8) is 0 Å². The largest absolute Gasteiger partial charge is 0.507 e. The standard InChI is InChI=1S/C15H22N2O2/c1-12-6-5-7-13(15(12)19)10-16(2)11-14(18)17-8-3-4-9-17/h5-7,19H,3-4,8-11H2,1-2H3. The summed E-state index contributed by atoms with van der Waals surface area (Å²) in [5.41, 5.74) is 1.74. The molecule has 0 bridgehead atoms. The molecular weight excluding hydrogens is 240 g/mol. The van der Waals surface area contributed by atoms with Gasteiger partial charge in [-0.05, 0) is 32.4 Å². The zero-order valence-electron chi connectivity index (χ0n) is 11.7. The van der Waals surface area contributed by atoms with Crippen molar-refractivity contribution in [1.82, 2.24) is 9.80 Å². The van der Waals surface area contributed by atoms with Gasteiger partial charge in [-0.3, -0.25) is 9.69 Å². The number of benzene rings is 1. The molecule has 4 nitrogen and oxygen atoms in total. The molecule has 0 saturated carbocycles. The Hall–Kier alpha value is -1.55. The van der Waals surface area contributed by atoms with Crippen LogP contribution in [0.4, 0.5) is 0 Å². The molecule has 2 rings (SSSR count). The van der Waals surface area contributed by atoms with E-state index in [1.54, 1.807) is 0 Å². The van der Waals surface area contributed by atoms with Crippen LogP contribution in [0, 0.1) is 6.92 Å². The average molecular weight is 262 g/mol. The maximum Gasteiger partial charge on any atom is 0.236 e. The van der Waals surface area contributed by atoms with E-state index in [2.05, 4.69) is 0 Å². The van der Waals surface area contributed by atoms with Crippen LogP contribution in [-0.4, -0.2) is 47.5 Å². The maximum absolute atomic E-state index is 12.0. The minimum absolute atomic E-state index is 0.187. The summed E-state index contributed by atoms with van der Waals surface area (Å²) in [6.07, 6.45) is 2.24. The first-order valence-electron chi connectivity index (χ1n) is 6.81. The van der Waals surface area contributed by atoms with E-state index in [0.717, 1.165) is 37.1 Å². The molecule has 1 aromatic rings. The number of likely N-dealkylation sites (tertiary alicyclic amines) is 1. The topological polar surface area (TPSA) is 43.8 Å². The van der Waals surface area contributed by atoms with Crippen LogP contribution < -0.4 is 0 Å². The Kier molecular flexibility index (Phi) is 4.43. The van der Waals surface area contributed by atoms with Crippen molar-refractivity contribution in [3.8, 4) is 5.75 Å². The number of para-hydroxylation sites is 1. The highest BCUT2D eigenvalue weighted by Gasteiger charge is 2.19. The van der Waals surface area contributed by atoms with Crippen LogP contribution in [0.15, 0.2) is 18.2 Å². The predicted molar refractivity (Wildman–Crippen MR) is 75.0 cm³/mol. The number of rotatable bonds is 4. The lowest BCUT2D eigenvalue weighted by Gasteiger charge is -2.21. The normalized spacial score (nSPS) is 15.2. The van der Waals surface area contributed by atoms with E-state index in [-0.39, 0.29) is 5.91 Å². The van der Waals surface area contributed by atoms with Crippen LogP contribution in [0.25, 0.3) is 0 Å². The van der Waals surface area contributed by atoms with Crippen molar-refractivity contribution in [2.75, 3.05) is 26.7 Å². The van der Waals surface area contributed by atoms with Gasteiger partial charge in [0, 0.05) is 25.2 Å². The second-order valence-electron chi connectivity index (χ2n) is 5.34. The SMILES string of the molecule is Cc1cccc(CN(C)CC(=O)N2CCCC2)c1O. The summed E-state index contributed by atoms with van der Waals surface area (Å²) in [7, 11) is 1.91. The molecule has 0 atom stereocenters. The van der Waals surface area contributed by atoms with Gasteiger partial charge in [0.25, 0.3) is 0 Å². The number of hydrogen-bond acceptors (Lipinski definition) is 3. The molecule has 1 saturated heterocycles. The highest BCUT2D eigenvalue weighted by molar-refractivity contribution is 5.78. The van der Waals surface area contributed by atoms with Crippen LogP contribution >= 0.6 is 0 Å². The molecule has 0 spiro atoms. The minimum Gasteiger partial charge on any atom is -0.507 e. The van der Waals surface area contributed by atoms with E-state index in [1.165, 1.54) is 0 Å². The molecule has 0 radical (unpaired) electrons. The van der Waals surface area contributed by atoms with Gasteiger partial charge in [0.2, 0.25) is 5.91 Å². The number of phenolic OH excluding ortho intramolecular Hbond substituents is 1. The molecule has 1 aliphatic rings. The first-order valence-corrected chi connectivity index (χ1v) is 6.81. The number of aryl methyl sites for hydroxylation is 1. The second-order valence-corrected chi connectivity index (χ2v) is 5.34. The number of carbonyl (C=O) groups is 1. The van der Waals surface area contributed by atoms with Crippen molar-refractivity contribution in [3.05, 3.63) is 29.3 Å². The van der Waals surface area contributed by atoms with E-state index in [9.17, 15) is 9.90 Å². The van der Waals surface area contributed by atoms with Crippen molar-refractivity contribution in [2.24, 2.45) is 0 Å². The molecule has 1 aromatic carbocycles. The lowest BCUT2D eigenvalue weighted by atomic mass is 10.1. The first-order chi connectivity index (χ1) is 9.08. The average Bonchev–Trinajstić information content (AvgIpc) is 2.88. The van der Waals surface area contributed by atoms with Crippen molar-refractivity contribution in [1.29, 1.82) is 0 Å². The number of amides is 1. The molecule has 0 aromatic heterocycles. The van der Waals surface area contributed by atoms with E-state index in [4.69, 9.17) is 0 Å². The summed E-state index contributed by atoms with van der Waals surface area (Å²) < 4.78 is 0. The lowest BCUT2D eigenvalue weighted by molar-refractivity contribution is -0.131. The molecule has 1 heterocycles. The first kappa shape index (κ1) is 13.9. The Balaban J connectivity index is 1.91. The summed E-state index contributed by atoms with van der Waals surface area (Å²) in [4.78, 5) is 15.9. The van der Waals surface area contributed by atoms with Crippen LogP contribution in [0.2, 0.25) is 0 Å². The van der Waals surface area contributed by atoms with Gasteiger partial charge in [-0.25, -0.2) is 0 Å². The summed E-state index contributed by atoms with van der Waals surface area (Å²) in [6.45, 7) is 4.67. The molecule has 4 heteroatoms. The third-order valence-electron chi connectivity index (χ3n) is 3.63. The van der Waals surface area contributed by atoms with Gasteiger partial charge in [-0.2, -0.15) is 0 Å². The van der Waals surface area contributed by atoms with Gasteiger partial charge in [-0.1, -0.05) is 18.2 Å². The summed E-state index contributed by atoms with van der Waals surface area (Å²) in [5, 5.41) is 9.97. The van der Waals surface area contributed by atoms with Gasteiger partial charge in [0.15, 0.2) is 0 Å². The quantitative estimate of drug-likeness (QED) is 0.899. The Morgan fingerprint density at radius 2 is 2.05 bits per heavy atom. The van der Waals surface area contributed by atoms with Gasteiger partial charge < -0.3 is 10.0 Å². The Morgan fingerprint density at radius 1 is 1.37 bits per heavy atom. The third-order valence-corrected chi connectivity index (χ3v) is 3.63. The fourth-order valence-electron chi connectivity index (χ4n) is 2.49. The molecule has 0 unspecified atom stereocenters. The number of carbonyl (C=O) groups excluding carboxylic acids is 1. The van der Waals surface area contributed by atoms with Gasteiger partial charge in [0.05, 0.1) is 6.54 Å². The van der Waals surface area contributed by atoms with E-state index in [0.29, 0.717) is 18.8 Å². The molecule has 19 heavy (non-hydrogen) atoms. The van der Waals surface area contributed by atoms with Crippen LogP contribution in [-0.2, 0) is 11.3 Å². The van der Waals surface area contributed by atoms with E-state index >= 15 is 0 Å². The molecule has 1 amide bonds. The number of nitrogens with zero attached hydrogens (tertiary/aromatic N) is 2. The molecule has 1 N–H and O–H groups in total. The predicted octanol–water partition coefficient (Wildman–Crippen LogP) is 1.75. The monoisotopic (exact) mass is 262 g/mol. The highest BCUT2D eigenvalue weighted by atomic mass is 16.3. The van der Waals surface area contributed by atoms with Crippen LogP contribution in [0.3, 0.4) is 0 Å². The fraction of sp³-hybridized carbons (Fsp3) is 0.533. The van der Waals surface area contributed by atoms with E-state index in [1.807, 2.05) is 42.0 Å². The van der Waals surface area contributed by atoms with Crippen LogP contribution in [0.5, 0.6) is 5.75 Å². The fourth-order valence-corrected chi connectivity index (χ4v) is 2.49. The highest BCUT2D eigenvalue weighted by Crippen LogP contribution is 2.22. The summed E-state index contributed by atoms with van der Waals surface area (Å²) in [5.74, 6) is 0.523. The Labute approximate surface area is 114 Å². The molecular formula is C15H22N2O2. The third kappa shape index (κ3) is 3.47. The van der Waals surface area contributed by atoms with Gasteiger partial charge >= 0.3 is 0 Å². The van der Waals surface area contributed by atoms with Crippen molar-refractivity contribution < 1.29 is 9.90 Å². The zero-order chi connectivity index (χ0) is 13.8. The Morgan fingerprint density at radius 3 is 2.74 bits per heavy atom. The molecule has 104 valence electrons. The van der Waals surface area contributed by atoms with Gasteiger partial charge in [0.1, 0.15) is 5.75 Å². The Bertz CT molecular complexity index is 453.